The smallest absolute Gasteiger partial charge is 0.0441 e. The molecular weight excluding hydrogens is 208 g/mol. The second kappa shape index (κ2) is 4.32. The highest BCUT2D eigenvalue weighted by atomic mass is 35.5. The van der Waals surface area contributed by atoms with Gasteiger partial charge in [-0.2, -0.15) is 0 Å². The van der Waals surface area contributed by atoms with Crippen LogP contribution in [0, 0.1) is 0 Å². The summed E-state index contributed by atoms with van der Waals surface area (Å²) in [6.07, 6.45) is 4.18. The van der Waals surface area contributed by atoms with Crippen LogP contribution in [0.5, 0.6) is 0 Å². The van der Waals surface area contributed by atoms with Gasteiger partial charge in [0, 0.05) is 29.5 Å². The molecule has 15 heavy (non-hydrogen) atoms. The SMILES string of the molecule is Nc1ccncc1Cc1ccccc1Cl. The summed E-state index contributed by atoms with van der Waals surface area (Å²) < 4.78 is 0. The minimum Gasteiger partial charge on any atom is -0.398 e. The summed E-state index contributed by atoms with van der Waals surface area (Å²) in [4.78, 5) is 4.05. The molecule has 76 valence electrons. The van der Waals surface area contributed by atoms with Gasteiger partial charge in [0.2, 0.25) is 0 Å². The molecule has 1 aromatic heterocycles. The van der Waals surface area contributed by atoms with Gasteiger partial charge in [-0.3, -0.25) is 4.98 Å². The van der Waals surface area contributed by atoms with Gasteiger partial charge in [0.1, 0.15) is 0 Å². The number of halogens is 1. The lowest BCUT2D eigenvalue weighted by molar-refractivity contribution is 1.15. The van der Waals surface area contributed by atoms with Gasteiger partial charge in [0.15, 0.2) is 0 Å². The molecule has 0 atom stereocenters. The van der Waals surface area contributed by atoms with Crippen molar-refractivity contribution in [3.8, 4) is 0 Å². The maximum Gasteiger partial charge on any atom is 0.0441 e. The standard InChI is InChI=1S/C12H11ClN2/c13-11-4-2-1-3-9(11)7-10-8-15-6-5-12(10)14/h1-6,8H,7H2,(H2,14,15). The van der Waals surface area contributed by atoms with E-state index in [0.29, 0.717) is 0 Å². The topological polar surface area (TPSA) is 38.9 Å². The Morgan fingerprint density at radius 1 is 1.13 bits per heavy atom. The maximum absolute atomic E-state index is 6.07. The Labute approximate surface area is 93.7 Å². The molecule has 0 aliphatic carbocycles. The van der Waals surface area contributed by atoms with E-state index >= 15 is 0 Å². The van der Waals surface area contributed by atoms with Gasteiger partial charge < -0.3 is 5.73 Å². The molecule has 0 aliphatic heterocycles. The number of anilines is 1. The molecule has 1 heterocycles. The van der Waals surface area contributed by atoms with Gasteiger partial charge in [-0.05, 0) is 23.3 Å². The fourth-order valence-corrected chi connectivity index (χ4v) is 1.64. The van der Waals surface area contributed by atoms with Crippen LogP contribution in [-0.2, 0) is 6.42 Å². The lowest BCUT2D eigenvalue weighted by atomic mass is 10.1. The van der Waals surface area contributed by atoms with Crippen LogP contribution in [0.1, 0.15) is 11.1 Å². The zero-order valence-corrected chi connectivity index (χ0v) is 8.91. The number of nitrogens with zero attached hydrogens (tertiary/aromatic N) is 1. The molecular formula is C12H11ClN2. The van der Waals surface area contributed by atoms with E-state index in [2.05, 4.69) is 4.98 Å². The first-order chi connectivity index (χ1) is 7.27. The summed E-state index contributed by atoms with van der Waals surface area (Å²) in [6, 6.07) is 9.55. The molecule has 0 saturated heterocycles. The minimum atomic E-state index is 0.722. The highest BCUT2D eigenvalue weighted by Crippen LogP contribution is 2.20. The summed E-state index contributed by atoms with van der Waals surface area (Å²) in [5, 5.41) is 0.765. The van der Waals surface area contributed by atoms with Crippen LogP contribution in [0.4, 0.5) is 5.69 Å². The molecule has 0 spiro atoms. The van der Waals surface area contributed by atoms with E-state index < -0.39 is 0 Å². The second-order valence-electron chi connectivity index (χ2n) is 3.34. The van der Waals surface area contributed by atoms with Crippen molar-refractivity contribution in [2.45, 2.75) is 6.42 Å². The third-order valence-corrected chi connectivity index (χ3v) is 2.65. The molecule has 0 fully saturated rings. The molecule has 0 aliphatic rings. The monoisotopic (exact) mass is 218 g/mol. The van der Waals surface area contributed by atoms with Gasteiger partial charge >= 0.3 is 0 Å². The number of hydrogen-bond donors (Lipinski definition) is 1. The second-order valence-corrected chi connectivity index (χ2v) is 3.75. The Morgan fingerprint density at radius 2 is 1.93 bits per heavy atom. The summed E-state index contributed by atoms with van der Waals surface area (Å²) in [5.41, 5.74) is 8.66. The lowest BCUT2D eigenvalue weighted by Gasteiger charge is -2.06. The van der Waals surface area contributed by atoms with E-state index in [1.807, 2.05) is 24.3 Å². The van der Waals surface area contributed by atoms with Crippen LogP contribution in [0.25, 0.3) is 0 Å². The first-order valence-corrected chi connectivity index (χ1v) is 5.07. The minimum absolute atomic E-state index is 0.722. The van der Waals surface area contributed by atoms with Crippen LogP contribution in [-0.4, -0.2) is 4.98 Å². The lowest BCUT2D eigenvalue weighted by Crippen LogP contribution is -1.96. The fourth-order valence-electron chi connectivity index (χ4n) is 1.43. The first-order valence-electron chi connectivity index (χ1n) is 4.69. The average molecular weight is 219 g/mol. The molecule has 0 radical (unpaired) electrons. The normalized spacial score (nSPS) is 10.2. The predicted molar refractivity (Wildman–Crippen MR) is 62.9 cm³/mol. The van der Waals surface area contributed by atoms with E-state index in [1.54, 1.807) is 18.5 Å². The summed E-state index contributed by atoms with van der Waals surface area (Å²) >= 11 is 6.07. The maximum atomic E-state index is 6.07. The van der Waals surface area contributed by atoms with Gasteiger partial charge in [-0.15, -0.1) is 0 Å². The Kier molecular flexibility index (Phi) is 2.88. The quantitative estimate of drug-likeness (QED) is 0.842. The zero-order chi connectivity index (χ0) is 10.7. The van der Waals surface area contributed by atoms with Crippen molar-refractivity contribution < 1.29 is 0 Å². The summed E-state index contributed by atoms with van der Waals surface area (Å²) in [6.45, 7) is 0. The molecule has 2 rings (SSSR count). The van der Waals surface area contributed by atoms with Crippen molar-refractivity contribution in [1.82, 2.24) is 4.98 Å². The van der Waals surface area contributed by atoms with Gasteiger partial charge in [-0.1, -0.05) is 29.8 Å². The van der Waals surface area contributed by atoms with E-state index in [0.717, 1.165) is 28.3 Å². The third-order valence-electron chi connectivity index (χ3n) is 2.28. The van der Waals surface area contributed by atoms with Crippen molar-refractivity contribution in [2.75, 3.05) is 5.73 Å². The molecule has 0 amide bonds. The Morgan fingerprint density at radius 3 is 2.67 bits per heavy atom. The Balaban J connectivity index is 2.30. The van der Waals surface area contributed by atoms with Gasteiger partial charge in [-0.25, -0.2) is 0 Å². The first kappa shape index (κ1) is 9.99. The number of rotatable bonds is 2. The molecule has 0 bridgehead atoms. The van der Waals surface area contributed by atoms with E-state index in [-0.39, 0.29) is 0 Å². The van der Waals surface area contributed by atoms with Crippen molar-refractivity contribution in [1.29, 1.82) is 0 Å². The number of nitrogen functional groups attached to an aromatic ring is 1. The number of nitrogens with two attached hydrogens (primary N) is 1. The van der Waals surface area contributed by atoms with Crippen LogP contribution in [0.3, 0.4) is 0 Å². The van der Waals surface area contributed by atoms with Crippen LogP contribution in [0.15, 0.2) is 42.7 Å². The molecule has 1 aromatic carbocycles. The highest BCUT2D eigenvalue weighted by Gasteiger charge is 2.03. The molecule has 2 aromatic rings. The largest absolute Gasteiger partial charge is 0.398 e. The van der Waals surface area contributed by atoms with Crippen molar-refractivity contribution in [2.24, 2.45) is 0 Å². The molecule has 2 nitrogen and oxygen atoms in total. The third kappa shape index (κ3) is 2.28. The van der Waals surface area contributed by atoms with Crippen LogP contribution < -0.4 is 5.73 Å². The van der Waals surface area contributed by atoms with Gasteiger partial charge in [0.25, 0.3) is 0 Å². The molecule has 0 unspecified atom stereocenters. The van der Waals surface area contributed by atoms with Crippen LogP contribution in [0.2, 0.25) is 5.02 Å². The Bertz CT molecular complexity index is 425. The van der Waals surface area contributed by atoms with Crippen molar-refractivity contribution in [3.05, 3.63) is 58.9 Å². The zero-order valence-electron chi connectivity index (χ0n) is 8.15. The van der Waals surface area contributed by atoms with Crippen molar-refractivity contribution in [3.63, 3.8) is 0 Å². The summed E-state index contributed by atoms with van der Waals surface area (Å²) in [7, 11) is 0. The number of hydrogen-bond acceptors (Lipinski definition) is 2. The molecule has 0 saturated carbocycles. The number of pyridine rings is 1. The van der Waals surface area contributed by atoms with E-state index in [1.165, 1.54) is 0 Å². The van der Waals surface area contributed by atoms with Crippen molar-refractivity contribution >= 4 is 17.3 Å². The molecule has 2 N–H and O–H groups in total. The number of aromatic nitrogens is 1. The predicted octanol–water partition coefficient (Wildman–Crippen LogP) is 2.91. The Hall–Kier alpha value is -1.54. The van der Waals surface area contributed by atoms with E-state index in [9.17, 15) is 0 Å². The van der Waals surface area contributed by atoms with Gasteiger partial charge in [0.05, 0.1) is 0 Å². The van der Waals surface area contributed by atoms with Crippen LogP contribution >= 0.6 is 11.6 Å². The van der Waals surface area contributed by atoms with E-state index in [4.69, 9.17) is 17.3 Å². The fraction of sp³-hybridized carbons (Fsp3) is 0.0833. The molecule has 3 heteroatoms. The highest BCUT2D eigenvalue weighted by molar-refractivity contribution is 6.31. The summed E-state index contributed by atoms with van der Waals surface area (Å²) in [5.74, 6) is 0. The average Bonchev–Trinajstić information content (AvgIpc) is 2.24. The number of benzene rings is 1.